The molecule has 5 nitrogen and oxygen atoms in total. The molecule has 1 saturated heterocycles. The summed E-state index contributed by atoms with van der Waals surface area (Å²) < 4.78 is 0. The Morgan fingerprint density at radius 2 is 1.89 bits per heavy atom. The van der Waals surface area contributed by atoms with Gasteiger partial charge in [-0.3, -0.25) is 4.79 Å². The zero-order chi connectivity index (χ0) is 19.0. The molecule has 0 bridgehead atoms. The second kappa shape index (κ2) is 6.99. The first-order valence-electron chi connectivity index (χ1n) is 9.32. The van der Waals surface area contributed by atoms with E-state index in [1.54, 1.807) is 12.1 Å². The van der Waals surface area contributed by atoms with E-state index >= 15 is 0 Å². The van der Waals surface area contributed by atoms with Crippen LogP contribution in [0.15, 0.2) is 42.5 Å². The number of hydrogen-bond donors (Lipinski definition) is 1. The van der Waals surface area contributed by atoms with Crippen LogP contribution in [0.2, 0.25) is 0 Å². The first-order valence-corrected chi connectivity index (χ1v) is 9.32. The van der Waals surface area contributed by atoms with E-state index in [9.17, 15) is 9.90 Å². The SMILES string of the molecule is Cc1nc2ccc(C(=O)N3CCC(Cc4cccc(O)c4)C3)cc2nc1C. The van der Waals surface area contributed by atoms with E-state index in [0.29, 0.717) is 17.2 Å². The lowest BCUT2D eigenvalue weighted by Crippen LogP contribution is -2.29. The predicted molar refractivity (Wildman–Crippen MR) is 105 cm³/mol. The van der Waals surface area contributed by atoms with Gasteiger partial charge >= 0.3 is 0 Å². The second-order valence-electron chi connectivity index (χ2n) is 7.38. The Morgan fingerprint density at radius 3 is 2.67 bits per heavy atom. The van der Waals surface area contributed by atoms with Crippen molar-refractivity contribution < 1.29 is 9.90 Å². The Hall–Kier alpha value is -2.95. The van der Waals surface area contributed by atoms with Gasteiger partial charge in [0.1, 0.15) is 5.75 Å². The largest absolute Gasteiger partial charge is 0.508 e. The number of benzene rings is 2. The smallest absolute Gasteiger partial charge is 0.253 e. The minimum atomic E-state index is 0.0512. The summed E-state index contributed by atoms with van der Waals surface area (Å²) in [4.78, 5) is 24.0. The third-order valence-corrected chi connectivity index (χ3v) is 5.33. The summed E-state index contributed by atoms with van der Waals surface area (Å²) in [5.41, 5.74) is 5.16. The number of hydrogen-bond acceptors (Lipinski definition) is 4. The number of fused-ring (bicyclic) bond motifs is 1. The number of phenols is 1. The molecule has 138 valence electrons. The summed E-state index contributed by atoms with van der Waals surface area (Å²) in [5.74, 6) is 0.762. The molecule has 0 radical (unpaired) electrons. The molecule has 1 atom stereocenters. The Balaban J connectivity index is 1.48. The highest BCUT2D eigenvalue weighted by molar-refractivity contribution is 5.97. The van der Waals surface area contributed by atoms with Crippen LogP contribution < -0.4 is 0 Å². The zero-order valence-corrected chi connectivity index (χ0v) is 15.6. The van der Waals surface area contributed by atoms with Crippen LogP contribution >= 0.6 is 0 Å². The molecule has 1 unspecified atom stereocenters. The lowest BCUT2D eigenvalue weighted by molar-refractivity contribution is 0.0787. The molecule has 5 heteroatoms. The predicted octanol–water partition coefficient (Wildman–Crippen LogP) is 3.66. The maximum Gasteiger partial charge on any atom is 0.253 e. The van der Waals surface area contributed by atoms with Crippen molar-refractivity contribution in [1.82, 2.24) is 14.9 Å². The minimum absolute atomic E-state index is 0.0512. The van der Waals surface area contributed by atoms with Crippen molar-refractivity contribution in [1.29, 1.82) is 0 Å². The number of amides is 1. The Bertz CT molecular complexity index is 1020. The van der Waals surface area contributed by atoms with E-state index < -0.39 is 0 Å². The molecule has 0 saturated carbocycles. The molecule has 1 aromatic heterocycles. The normalized spacial score (nSPS) is 16.8. The number of carbonyl (C=O) groups is 1. The molecule has 2 heterocycles. The summed E-state index contributed by atoms with van der Waals surface area (Å²) in [7, 11) is 0. The summed E-state index contributed by atoms with van der Waals surface area (Å²) in [6.07, 6.45) is 1.85. The molecule has 1 aliphatic rings. The van der Waals surface area contributed by atoms with Crippen LogP contribution in [0.3, 0.4) is 0 Å². The lowest BCUT2D eigenvalue weighted by Gasteiger charge is -2.17. The van der Waals surface area contributed by atoms with Gasteiger partial charge < -0.3 is 10.0 Å². The maximum absolute atomic E-state index is 12.9. The third kappa shape index (κ3) is 3.63. The standard InChI is InChI=1S/C22H23N3O2/c1-14-15(2)24-21-12-18(6-7-20(21)23-14)22(27)25-9-8-17(13-25)10-16-4-3-5-19(26)11-16/h3-7,11-12,17,26H,8-10,13H2,1-2H3. The van der Waals surface area contributed by atoms with Crippen LogP contribution in [-0.2, 0) is 6.42 Å². The van der Waals surface area contributed by atoms with E-state index in [4.69, 9.17) is 0 Å². The number of rotatable bonds is 3. The molecule has 0 spiro atoms. The van der Waals surface area contributed by atoms with Gasteiger partial charge in [0.2, 0.25) is 0 Å². The molecule has 1 aliphatic heterocycles. The number of carbonyl (C=O) groups excluding carboxylic acids is 1. The summed E-state index contributed by atoms with van der Waals surface area (Å²) in [5, 5.41) is 9.62. The zero-order valence-electron chi connectivity index (χ0n) is 15.6. The average molecular weight is 361 g/mol. The van der Waals surface area contributed by atoms with Crippen molar-refractivity contribution in [3.63, 3.8) is 0 Å². The molecular weight excluding hydrogens is 338 g/mol. The van der Waals surface area contributed by atoms with E-state index in [0.717, 1.165) is 53.9 Å². The number of phenolic OH excluding ortho intramolecular Hbond substituents is 1. The van der Waals surface area contributed by atoms with Crippen LogP contribution in [0.5, 0.6) is 5.75 Å². The molecule has 1 fully saturated rings. The van der Waals surface area contributed by atoms with Crippen molar-refractivity contribution in [2.75, 3.05) is 13.1 Å². The molecular formula is C22H23N3O2. The Labute approximate surface area is 158 Å². The minimum Gasteiger partial charge on any atom is -0.508 e. The number of aryl methyl sites for hydroxylation is 2. The van der Waals surface area contributed by atoms with Gasteiger partial charge in [-0.05, 0) is 68.5 Å². The highest BCUT2D eigenvalue weighted by Gasteiger charge is 2.27. The van der Waals surface area contributed by atoms with Gasteiger partial charge in [-0.25, -0.2) is 9.97 Å². The van der Waals surface area contributed by atoms with Crippen molar-refractivity contribution in [3.05, 3.63) is 65.0 Å². The van der Waals surface area contributed by atoms with Gasteiger partial charge in [-0.2, -0.15) is 0 Å². The number of aromatic nitrogens is 2. The third-order valence-electron chi connectivity index (χ3n) is 5.33. The van der Waals surface area contributed by atoms with Crippen molar-refractivity contribution in [2.45, 2.75) is 26.7 Å². The number of nitrogens with zero attached hydrogens (tertiary/aromatic N) is 3. The number of aromatic hydroxyl groups is 1. The highest BCUT2D eigenvalue weighted by atomic mass is 16.3. The van der Waals surface area contributed by atoms with E-state index in [1.165, 1.54) is 0 Å². The van der Waals surface area contributed by atoms with Gasteiger partial charge in [0, 0.05) is 18.7 Å². The molecule has 27 heavy (non-hydrogen) atoms. The summed E-state index contributed by atoms with van der Waals surface area (Å²) in [6.45, 7) is 5.38. The molecule has 3 aromatic rings. The fourth-order valence-electron chi connectivity index (χ4n) is 3.75. The van der Waals surface area contributed by atoms with E-state index in [-0.39, 0.29) is 5.91 Å². The lowest BCUT2D eigenvalue weighted by atomic mass is 9.98. The summed E-state index contributed by atoms with van der Waals surface area (Å²) in [6, 6.07) is 12.9. The quantitative estimate of drug-likeness (QED) is 0.773. The highest BCUT2D eigenvalue weighted by Crippen LogP contribution is 2.24. The van der Waals surface area contributed by atoms with Crippen molar-refractivity contribution in [3.8, 4) is 5.75 Å². The van der Waals surface area contributed by atoms with E-state index in [1.807, 2.05) is 49.1 Å². The fraction of sp³-hybridized carbons (Fsp3) is 0.318. The first-order chi connectivity index (χ1) is 13.0. The topological polar surface area (TPSA) is 66.3 Å². The second-order valence-corrected chi connectivity index (χ2v) is 7.38. The fourth-order valence-corrected chi connectivity index (χ4v) is 3.75. The van der Waals surface area contributed by atoms with Crippen molar-refractivity contribution >= 4 is 16.9 Å². The van der Waals surface area contributed by atoms with Crippen LogP contribution in [0, 0.1) is 19.8 Å². The average Bonchev–Trinajstić information content (AvgIpc) is 3.10. The first kappa shape index (κ1) is 17.5. The molecule has 0 aliphatic carbocycles. The van der Waals surface area contributed by atoms with Gasteiger partial charge in [-0.15, -0.1) is 0 Å². The Morgan fingerprint density at radius 1 is 1.11 bits per heavy atom. The Kier molecular flexibility index (Phi) is 4.52. The molecule has 4 rings (SSSR count). The van der Waals surface area contributed by atoms with Crippen LogP contribution in [0.25, 0.3) is 11.0 Å². The molecule has 2 aromatic carbocycles. The molecule has 1 N–H and O–H groups in total. The van der Waals surface area contributed by atoms with Gasteiger partial charge in [0.05, 0.1) is 22.4 Å². The monoisotopic (exact) mass is 361 g/mol. The molecule has 1 amide bonds. The van der Waals surface area contributed by atoms with E-state index in [2.05, 4.69) is 9.97 Å². The van der Waals surface area contributed by atoms with Gasteiger partial charge in [0.25, 0.3) is 5.91 Å². The van der Waals surface area contributed by atoms with Crippen LogP contribution in [0.4, 0.5) is 0 Å². The van der Waals surface area contributed by atoms with Crippen LogP contribution in [0.1, 0.15) is 33.7 Å². The van der Waals surface area contributed by atoms with Crippen LogP contribution in [-0.4, -0.2) is 39.0 Å². The number of likely N-dealkylation sites (tertiary alicyclic amines) is 1. The van der Waals surface area contributed by atoms with Gasteiger partial charge in [0.15, 0.2) is 0 Å². The summed E-state index contributed by atoms with van der Waals surface area (Å²) >= 11 is 0. The van der Waals surface area contributed by atoms with Crippen molar-refractivity contribution in [2.24, 2.45) is 5.92 Å². The van der Waals surface area contributed by atoms with Gasteiger partial charge in [-0.1, -0.05) is 12.1 Å². The maximum atomic E-state index is 12.9.